The molecule has 2 saturated heterocycles. The van der Waals surface area contributed by atoms with E-state index in [1.54, 1.807) is 12.4 Å². The minimum Gasteiger partial charge on any atom is -0.378 e. The first-order valence-corrected chi connectivity index (χ1v) is 12.8. The Hall–Kier alpha value is -2.60. The van der Waals surface area contributed by atoms with Gasteiger partial charge in [0.05, 0.1) is 24.7 Å². The van der Waals surface area contributed by atoms with Crippen LogP contribution in [-0.2, 0) is 26.0 Å². The van der Waals surface area contributed by atoms with Gasteiger partial charge in [0.1, 0.15) is 17.0 Å². The second kappa shape index (κ2) is 9.34. The molecule has 5 heterocycles. The molecule has 2 aliphatic rings. The lowest BCUT2D eigenvalue weighted by atomic mass is 10.0. The summed E-state index contributed by atoms with van der Waals surface area (Å²) in [5.41, 5.74) is 2.94. The van der Waals surface area contributed by atoms with E-state index in [9.17, 15) is 13.0 Å². The summed E-state index contributed by atoms with van der Waals surface area (Å²) in [4.78, 5) is 11.7. The predicted molar refractivity (Wildman–Crippen MR) is 123 cm³/mol. The number of aryl methyl sites for hydroxylation is 1. The van der Waals surface area contributed by atoms with Crippen LogP contribution in [0.15, 0.2) is 30.6 Å². The molecule has 0 saturated carbocycles. The van der Waals surface area contributed by atoms with E-state index >= 15 is 0 Å². The van der Waals surface area contributed by atoms with Crippen LogP contribution in [0.4, 0.5) is 5.82 Å². The molecule has 0 aliphatic carbocycles. The molecule has 1 unspecified atom stereocenters. The first-order valence-electron chi connectivity index (χ1n) is 11.2. The van der Waals surface area contributed by atoms with Crippen LogP contribution < -0.4 is 4.90 Å². The van der Waals surface area contributed by atoms with Gasteiger partial charge < -0.3 is 14.4 Å². The van der Waals surface area contributed by atoms with Gasteiger partial charge in [-0.25, -0.2) is 9.67 Å². The van der Waals surface area contributed by atoms with Crippen LogP contribution in [0.2, 0.25) is 0 Å². The number of hydrogen-bond acceptors (Lipinski definition) is 8. The minimum absolute atomic E-state index is 0.151. The van der Waals surface area contributed by atoms with Crippen molar-refractivity contribution in [1.29, 1.82) is 0 Å². The summed E-state index contributed by atoms with van der Waals surface area (Å²) in [5.74, 6) is 0.380. The third kappa shape index (κ3) is 4.86. The summed E-state index contributed by atoms with van der Waals surface area (Å²) in [6, 6.07) is 5.65. The van der Waals surface area contributed by atoms with Gasteiger partial charge in [-0.3, -0.25) is 9.54 Å². The van der Waals surface area contributed by atoms with Crippen LogP contribution >= 0.6 is 0 Å². The maximum absolute atomic E-state index is 11.5. The molecule has 0 radical (unpaired) electrons. The highest BCUT2D eigenvalue weighted by Gasteiger charge is 2.23. The Morgan fingerprint density at radius 1 is 1.12 bits per heavy atom. The van der Waals surface area contributed by atoms with Gasteiger partial charge in [0.25, 0.3) is 10.1 Å². The molecule has 0 spiro atoms. The molecule has 1 atom stereocenters. The van der Waals surface area contributed by atoms with Gasteiger partial charge in [-0.1, -0.05) is 0 Å². The zero-order valence-corrected chi connectivity index (χ0v) is 19.1. The lowest BCUT2D eigenvalue weighted by Gasteiger charge is -2.29. The van der Waals surface area contributed by atoms with Gasteiger partial charge in [0, 0.05) is 37.5 Å². The fourth-order valence-corrected chi connectivity index (χ4v) is 4.92. The third-order valence-electron chi connectivity index (χ3n) is 6.11. The van der Waals surface area contributed by atoms with Gasteiger partial charge in [0.2, 0.25) is 0 Å². The molecule has 33 heavy (non-hydrogen) atoms. The van der Waals surface area contributed by atoms with Crippen LogP contribution in [0.25, 0.3) is 22.3 Å². The number of ether oxygens (including phenoxy) is 2. The van der Waals surface area contributed by atoms with E-state index in [-0.39, 0.29) is 18.4 Å². The van der Waals surface area contributed by atoms with Crippen molar-refractivity contribution in [3.63, 3.8) is 0 Å². The maximum atomic E-state index is 11.5. The van der Waals surface area contributed by atoms with Crippen molar-refractivity contribution < 1.29 is 22.4 Å². The Morgan fingerprint density at radius 2 is 1.97 bits per heavy atom. The van der Waals surface area contributed by atoms with Crippen molar-refractivity contribution in [2.45, 2.75) is 31.9 Å². The average molecular weight is 474 g/mol. The van der Waals surface area contributed by atoms with Crippen molar-refractivity contribution >= 4 is 26.8 Å². The smallest absolute Gasteiger partial charge is 0.265 e. The Bertz CT molecular complexity index is 1230. The molecule has 2 fully saturated rings. The molecular weight excluding hydrogens is 446 g/mol. The first-order chi connectivity index (χ1) is 16.0. The van der Waals surface area contributed by atoms with Crippen LogP contribution in [0.1, 0.15) is 31.1 Å². The highest BCUT2D eigenvalue weighted by molar-refractivity contribution is 7.85. The molecule has 1 N–H and O–H groups in total. The number of rotatable bonds is 6. The number of morpholine rings is 1. The van der Waals surface area contributed by atoms with E-state index < -0.39 is 10.1 Å². The standard InChI is InChI=1S/C22H27N5O5S/c28-33(29,30)14-6-16-15-19(26-9-12-31-13-10-26)25-21-17(16)4-7-23-22(21)18-5-8-24-27(18)20-3-1-2-11-32-20/h4-5,7-8,15,20H,1-3,6,9-14H2,(H,28,29,30). The summed E-state index contributed by atoms with van der Waals surface area (Å²) in [5, 5.41) is 5.31. The van der Waals surface area contributed by atoms with Crippen LogP contribution in [0.5, 0.6) is 0 Å². The number of fused-ring (bicyclic) bond motifs is 1. The van der Waals surface area contributed by atoms with Crippen molar-refractivity contribution in [1.82, 2.24) is 19.7 Å². The summed E-state index contributed by atoms with van der Waals surface area (Å²) >= 11 is 0. The first kappa shape index (κ1) is 22.2. The second-order valence-corrected chi connectivity index (χ2v) is 9.89. The van der Waals surface area contributed by atoms with E-state index in [4.69, 9.17) is 14.5 Å². The van der Waals surface area contributed by atoms with E-state index in [0.29, 0.717) is 44.1 Å². The predicted octanol–water partition coefficient (Wildman–Crippen LogP) is 2.46. The molecule has 2 aliphatic heterocycles. The lowest BCUT2D eigenvalue weighted by Crippen LogP contribution is -2.36. The van der Waals surface area contributed by atoms with Crippen molar-refractivity contribution in [2.24, 2.45) is 0 Å². The van der Waals surface area contributed by atoms with E-state index in [1.807, 2.05) is 22.9 Å². The highest BCUT2D eigenvalue weighted by atomic mass is 32.2. The monoisotopic (exact) mass is 473 g/mol. The Balaban J connectivity index is 1.63. The van der Waals surface area contributed by atoms with E-state index in [1.165, 1.54) is 0 Å². The molecule has 10 nitrogen and oxygen atoms in total. The van der Waals surface area contributed by atoms with Crippen LogP contribution in [0, 0.1) is 0 Å². The number of anilines is 1. The molecule has 3 aromatic heterocycles. The van der Waals surface area contributed by atoms with E-state index in [2.05, 4.69) is 15.0 Å². The van der Waals surface area contributed by atoms with Gasteiger partial charge in [-0.05, 0) is 49.4 Å². The Morgan fingerprint density at radius 3 is 2.73 bits per heavy atom. The summed E-state index contributed by atoms with van der Waals surface area (Å²) in [6.07, 6.45) is 6.45. The molecule has 0 amide bonds. The van der Waals surface area contributed by atoms with Crippen molar-refractivity contribution in [3.8, 4) is 11.4 Å². The highest BCUT2D eigenvalue weighted by Crippen LogP contribution is 2.33. The molecule has 0 bridgehead atoms. The fraction of sp³-hybridized carbons (Fsp3) is 0.500. The maximum Gasteiger partial charge on any atom is 0.265 e. The SMILES string of the molecule is O=S(=O)(O)CCc1cc(N2CCOCC2)nc2c(-c3ccnn3C3CCCCO3)nccc12. The molecule has 176 valence electrons. The zero-order chi connectivity index (χ0) is 22.8. The molecular formula is C22H27N5O5S. The van der Waals surface area contributed by atoms with Gasteiger partial charge in [-0.15, -0.1) is 0 Å². The van der Waals surface area contributed by atoms with Crippen LogP contribution in [-0.4, -0.2) is 71.4 Å². The van der Waals surface area contributed by atoms with Gasteiger partial charge >= 0.3 is 0 Å². The summed E-state index contributed by atoms with van der Waals surface area (Å²) < 4.78 is 45.6. The lowest BCUT2D eigenvalue weighted by molar-refractivity contribution is -0.0383. The average Bonchev–Trinajstić information content (AvgIpc) is 3.32. The van der Waals surface area contributed by atoms with Gasteiger partial charge in [-0.2, -0.15) is 13.5 Å². The minimum atomic E-state index is -4.10. The second-order valence-electron chi connectivity index (χ2n) is 8.31. The summed E-state index contributed by atoms with van der Waals surface area (Å²) in [6.45, 7) is 3.29. The largest absolute Gasteiger partial charge is 0.378 e. The van der Waals surface area contributed by atoms with Crippen molar-refractivity contribution in [2.75, 3.05) is 43.6 Å². The molecule has 0 aromatic carbocycles. The molecule has 3 aromatic rings. The van der Waals surface area contributed by atoms with Crippen LogP contribution in [0.3, 0.4) is 0 Å². The Labute approximate surface area is 192 Å². The number of pyridine rings is 2. The Kier molecular flexibility index (Phi) is 6.28. The normalized spacial score (nSPS) is 19.8. The quantitative estimate of drug-likeness (QED) is 0.538. The van der Waals surface area contributed by atoms with Gasteiger partial charge in [0.15, 0.2) is 6.23 Å². The zero-order valence-electron chi connectivity index (χ0n) is 18.3. The molecule has 11 heteroatoms. The third-order valence-corrected chi connectivity index (χ3v) is 6.83. The van der Waals surface area contributed by atoms with Crippen molar-refractivity contribution in [3.05, 3.63) is 36.2 Å². The summed E-state index contributed by atoms with van der Waals surface area (Å²) in [7, 11) is -4.10. The topological polar surface area (TPSA) is 120 Å². The fourth-order valence-electron chi connectivity index (χ4n) is 4.44. The number of aromatic nitrogens is 4. The van der Waals surface area contributed by atoms with E-state index in [0.717, 1.165) is 41.7 Å². The molecule has 5 rings (SSSR count). The number of hydrogen-bond donors (Lipinski definition) is 1. The number of nitrogens with zero attached hydrogens (tertiary/aromatic N) is 5.